The van der Waals surface area contributed by atoms with Gasteiger partial charge in [0.05, 0.1) is 89.0 Å². The van der Waals surface area contributed by atoms with Crippen molar-refractivity contribution in [3.63, 3.8) is 0 Å². The number of amides is 2. The van der Waals surface area contributed by atoms with Gasteiger partial charge in [-0.2, -0.15) is 20.4 Å². The monoisotopic (exact) mass is 1990 g/mol. The third kappa shape index (κ3) is 28.9. The SMILES string of the molecule is CNCC(O)COc1cccc(-c2cc(NC(=O)OCc3ccccc3)c3cnn(C(C)C)c3n2)c1.CNCC(O)COc1cccc(-c2cc(NCCNC(=O)c3ccccc3)c3cnn(C(C)C)c3n2)c1.CNCC(O)COc1cccc(-c2cc(NCc3c(C)cc(C)nc3OC)c3cnn(C(C)C)c3n2)c1.COc1nc(C)cc(C)c1CNc1cc(-c2cccc(OCC(O)CN)c2)nc2c1cnn2C(C)C. The Balaban J connectivity index is 0.000000163. The lowest BCUT2D eigenvalue weighted by molar-refractivity contribution is 0.0954. The van der Waals surface area contributed by atoms with Gasteiger partial charge in [0.15, 0.2) is 22.6 Å². The van der Waals surface area contributed by atoms with Crippen LogP contribution in [0.2, 0.25) is 0 Å². The van der Waals surface area contributed by atoms with Crippen LogP contribution in [0.1, 0.15) is 129 Å². The van der Waals surface area contributed by atoms with Crippen molar-refractivity contribution in [2.75, 3.05) is 122 Å². The van der Waals surface area contributed by atoms with Crippen LogP contribution in [0.25, 0.3) is 89.2 Å². The number of nitrogens with one attached hydrogen (secondary N) is 8. The maximum atomic E-state index is 12.6. The highest BCUT2D eigenvalue weighted by Crippen LogP contribution is 2.39. The summed E-state index contributed by atoms with van der Waals surface area (Å²) in [4.78, 5) is 53.8. The Kier molecular flexibility index (Phi) is 38.7. The molecule has 2 amide bonds. The summed E-state index contributed by atoms with van der Waals surface area (Å²) in [7, 11) is 8.65. The Labute approximate surface area is 850 Å². The number of aryl methyl sites for hydroxylation is 4. The summed E-state index contributed by atoms with van der Waals surface area (Å²) >= 11 is 0. The summed E-state index contributed by atoms with van der Waals surface area (Å²) < 4.78 is 47.2. The number of benzene rings is 6. The molecule has 0 spiro atoms. The lowest BCUT2D eigenvalue weighted by Gasteiger charge is -2.16. The summed E-state index contributed by atoms with van der Waals surface area (Å²) in [5.41, 5.74) is 25.9. The number of hydrogen-bond acceptors (Lipinski definition) is 30. The zero-order valence-corrected chi connectivity index (χ0v) is 85.9. The third-order valence-corrected chi connectivity index (χ3v) is 23.5. The van der Waals surface area contributed by atoms with Gasteiger partial charge < -0.3 is 96.5 Å². The topological polar surface area (TPSA) is 451 Å². The standard InChI is InChI=1S/C28H36N6O3.C28H34N6O3.C27H34N6O3.C27H31N5O4/c1-17(2)34-27-24(15-31-34)26(30-14-23-18(3)10-19(4)32-28(23)36-6)12-25(33-27)20-8-7-9-22(11-20)37-16-21(35)13-29-5;1-19(2)34-27-24(17-32-34)26(30-12-13-31-28(36)20-8-5-4-6-9-20)15-25(33-27)21-10-7-11-23(14-21)37-18-22(35)16-29-3;1-16(2)33-26-23(14-30-33)25(29-13-22-17(3)9-18(4)31-27(22)35-5)11-24(32-26)19-7-6-8-21(10-19)36-15-20(34)12-28;1-18(2)32-26-23(15-29-32)25(31-27(34)36-16-19-8-5-4-6-9-19)13-24(30-26)20-10-7-11-22(12-20)35-17-21(33)14-28-3/h7-12,15,17,21,29,35H,13-14,16H2,1-6H3,(H,30,33);4-11,14-15,17,19,22,29,35H,12-13,16,18H2,1-3H3,(H,30,33)(H,31,36);6-11,14,16,20,34H,12-13,15,28H2,1-5H3,(H,29,32);4-13,15,18,21,28,33H,14,16-17H2,1-3H3,(H,30,31,34). The fraction of sp³-hybridized carbons (Fsp3) is 0.345. The Morgan fingerprint density at radius 1 is 0.384 bits per heavy atom. The van der Waals surface area contributed by atoms with Gasteiger partial charge in [0, 0.05) is 144 Å². The van der Waals surface area contributed by atoms with E-state index >= 15 is 0 Å². The summed E-state index contributed by atoms with van der Waals surface area (Å²) in [6.07, 6.45) is 4.14. The molecule has 0 aliphatic rings. The number of fused-ring (bicyclic) bond motifs is 4. The van der Waals surface area contributed by atoms with Gasteiger partial charge in [-0.3, -0.25) is 10.1 Å². The number of aromatic nitrogens is 14. The fourth-order valence-electron chi connectivity index (χ4n) is 16.1. The van der Waals surface area contributed by atoms with Crippen molar-refractivity contribution in [1.82, 2.24) is 90.3 Å². The lowest BCUT2D eigenvalue weighted by Crippen LogP contribution is -2.29. The molecular formula is C110H135N23O13. The third-order valence-electron chi connectivity index (χ3n) is 23.5. The zero-order valence-electron chi connectivity index (χ0n) is 85.9. The molecule has 768 valence electrons. The van der Waals surface area contributed by atoms with Gasteiger partial charge in [-0.1, -0.05) is 97.1 Å². The second-order valence-corrected chi connectivity index (χ2v) is 36.4. The highest BCUT2D eigenvalue weighted by Gasteiger charge is 2.25. The number of aliphatic hydroxyl groups is 4. The van der Waals surface area contributed by atoms with Crippen molar-refractivity contribution in [2.24, 2.45) is 5.73 Å². The van der Waals surface area contributed by atoms with Gasteiger partial charge in [-0.15, -0.1) is 0 Å². The molecule has 4 atom stereocenters. The van der Waals surface area contributed by atoms with Gasteiger partial charge in [0.25, 0.3) is 5.91 Å². The number of carbonyl (C=O) groups excluding carboxylic acids is 2. The van der Waals surface area contributed by atoms with Gasteiger partial charge in [0.1, 0.15) is 80.4 Å². The molecule has 0 radical (unpaired) electrons. The maximum absolute atomic E-state index is 12.6. The molecule has 10 aromatic heterocycles. The normalized spacial score (nSPS) is 12.1. The van der Waals surface area contributed by atoms with E-state index in [0.29, 0.717) is 109 Å². The number of nitrogens with zero attached hydrogens (tertiary/aromatic N) is 14. The second kappa shape index (κ2) is 52.3. The van der Waals surface area contributed by atoms with E-state index in [0.717, 1.165) is 129 Å². The van der Waals surface area contributed by atoms with Crippen LogP contribution in [-0.4, -0.2) is 227 Å². The first kappa shape index (κ1) is 108. The van der Waals surface area contributed by atoms with E-state index in [9.17, 15) is 30.0 Å². The molecule has 10 heterocycles. The minimum Gasteiger partial charge on any atom is -0.491 e. The number of ether oxygens (including phenoxy) is 7. The highest BCUT2D eigenvalue weighted by atomic mass is 16.5. The number of aliphatic hydroxyl groups excluding tert-OH is 4. The molecule has 16 aromatic rings. The van der Waals surface area contributed by atoms with Crippen molar-refractivity contribution in [2.45, 2.75) is 151 Å². The van der Waals surface area contributed by atoms with Crippen molar-refractivity contribution in [1.29, 1.82) is 0 Å². The van der Waals surface area contributed by atoms with Crippen molar-refractivity contribution >= 4 is 78.9 Å². The molecule has 14 N–H and O–H groups in total. The Morgan fingerprint density at radius 3 is 1.05 bits per heavy atom. The van der Waals surface area contributed by atoms with Crippen LogP contribution < -0.4 is 76.7 Å². The van der Waals surface area contributed by atoms with Crippen molar-refractivity contribution < 1.29 is 63.2 Å². The number of carbonyl (C=O) groups is 2. The number of methoxy groups -OCH3 is 2. The number of pyridine rings is 6. The van der Waals surface area contributed by atoms with Gasteiger partial charge in [-0.05, 0) is 218 Å². The van der Waals surface area contributed by atoms with E-state index in [4.69, 9.17) is 58.8 Å². The molecule has 4 unspecified atom stereocenters. The zero-order chi connectivity index (χ0) is 104. The van der Waals surface area contributed by atoms with Gasteiger partial charge >= 0.3 is 6.09 Å². The molecule has 0 bridgehead atoms. The van der Waals surface area contributed by atoms with E-state index in [2.05, 4.69) is 140 Å². The molecule has 0 fully saturated rings. The number of anilines is 4. The second-order valence-electron chi connectivity index (χ2n) is 36.4. The first-order valence-electron chi connectivity index (χ1n) is 48.9. The largest absolute Gasteiger partial charge is 0.491 e. The predicted octanol–water partition coefficient (Wildman–Crippen LogP) is 16.1. The average molecular weight is 1990 g/mol. The molecule has 36 nitrogen and oxygen atoms in total. The molecule has 146 heavy (non-hydrogen) atoms. The molecule has 0 aliphatic carbocycles. The van der Waals surface area contributed by atoms with Crippen LogP contribution in [0.5, 0.6) is 34.8 Å². The summed E-state index contributed by atoms with van der Waals surface area (Å²) in [6.45, 7) is 29.0. The van der Waals surface area contributed by atoms with Crippen molar-refractivity contribution in [3.05, 3.63) is 264 Å². The fourth-order valence-corrected chi connectivity index (χ4v) is 16.1. The van der Waals surface area contributed by atoms with E-state index < -0.39 is 30.5 Å². The predicted molar refractivity (Wildman–Crippen MR) is 573 cm³/mol. The van der Waals surface area contributed by atoms with E-state index in [1.54, 1.807) is 59.8 Å². The minimum atomic E-state index is -0.712. The lowest BCUT2D eigenvalue weighted by atomic mass is 10.1. The highest BCUT2D eigenvalue weighted by molar-refractivity contribution is 6.00. The Bertz CT molecular complexity index is 7000. The Hall–Kier alpha value is -15.3. The van der Waals surface area contributed by atoms with Crippen LogP contribution in [-0.2, 0) is 24.4 Å². The first-order valence-corrected chi connectivity index (χ1v) is 48.9. The Morgan fingerprint density at radius 2 is 0.712 bits per heavy atom. The molecule has 0 saturated heterocycles. The van der Waals surface area contributed by atoms with Crippen LogP contribution in [0, 0.1) is 27.7 Å². The average Bonchev–Trinajstić information content (AvgIpc) is 1.62. The van der Waals surface area contributed by atoms with Crippen LogP contribution in [0.4, 0.5) is 27.5 Å². The molecule has 0 saturated carbocycles. The summed E-state index contributed by atoms with van der Waals surface area (Å²) in [6, 6.07) is 61.7. The number of rotatable bonds is 43. The van der Waals surface area contributed by atoms with Gasteiger partial charge in [-0.25, -0.2) is 53.4 Å². The van der Waals surface area contributed by atoms with Crippen LogP contribution in [0.15, 0.2) is 219 Å². The minimum absolute atomic E-state index is 0.0754. The van der Waals surface area contributed by atoms with Gasteiger partial charge in [0.2, 0.25) is 11.8 Å². The van der Waals surface area contributed by atoms with E-state index in [1.807, 2.05) is 229 Å². The van der Waals surface area contributed by atoms with E-state index in [-0.39, 0.29) is 69.7 Å². The number of likely N-dealkylation sites (N-methyl/N-ethyl adjacent to an activating group) is 3. The molecule has 6 aromatic carbocycles. The summed E-state index contributed by atoms with van der Waals surface area (Å²) in [5.74, 6) is 3.72. The number of hydrogen-bond donors (Lipinski definition) is 13. The molecule has 16 rings (SSSR count). The number of nitrogens with two attached hydrogens (primary N) is 1. The van der Waals surface area contributed by atoms with Crippen molar-refractivity contribution in [3.8, 4) is 79.8 Å². The summed E-state index contributed by atoms with van der Waals surface area (Å²) in [5, 5.41) is 86.6. The first-order chi connectivity index (χ1) is 70.5. The van der Waals surface area contributed by atoms with Crippen LogP contribution in [0.3, 0.4) is 0 Å². The molecule has 0 aliphatic heterocycles. The van der Waals surface area contributed by atoms with Crippen LogP contribution >= 0.6 is 0 Å². The quantitative estimate of drug-likeness (QED) is 0.0158. The smallest absolute Gasteiger partial charge is 0.411 e. The molecule has 36 heteroatoms. The van der Waals surface area contributed by atoms with E-state index in [1.165, 1.54) is 0 Å². The molecular weight excluding hydrogens is 1850 g/mol. The maximum Gasteiger partial charge on any atom is 0.411 e.